The van der Waals surface area contributed by atoms with Gasteiger partial charge in [-0.05, 0) is 65.6 Å². The summed E-state index contributed by atoms with van der Waals surface area (Å²) in [5.74, 6) is 1.14. The van der Waals surface area contributed by atoms with Gasteiger partial charge in [0.2, 0.25) is 5.88 Å². The van der Waals surface area contributed by atoms with E-state index in [-0.39, 0.29) is 0 Å². The first kappa shape index (κ1) is 27.1. The number of ether oxygens (including phenoxy) is 1. The van der Waals surface area contributed by atoms with Gasteiger partial charge >= 0.3 is 0 Å². The molecular weight excluding hydrogens is 542 g/mol. The van der Waals surface area contributed by atoms with Gasteiger partial charge in [0.05, 0.1) is 17.5 Å². The summed E-state index contributed by atoms with van der Waals surface area (Å²) in [4.78, 5) is 5.88. The molecule has 0 bridgehead atoms. The normalized spacial score (nSPS) is 11.1. The monoisotopic (exact) mass is 569 g/mol. The second-order valence-electron chi connectivity index (χ2n) is 9.70. The van der Waals surface area contributed by atoms with Crippen molar-refractivity contribution in [2.45, 2.75) is 13.5 Å². The first-order valence-electron chi connectivity index (χ1n) is 13.6. The van der Waals surface area contributed by atoms with E-state index in [1.54, 1.807) is 23.0 Å². The zero-order valence-corrected chi connectivity index (χ0v) is 23.8. The van der Waals surface area contributed by atoms with Crippen LogP contribution in [-0.2, 0) is 11.4 Å². The maximum Gasteiger partial charge on any atom is 0.232 e. The summed E-state index contributed by atoms with van der Waals surface area (Å²) < 4.78 is 8.23. The van der Waals surface area contributed by atoms with Gasteiger partial charge < -0.3 is 9.57 Å². The summed E-state index contributed by atoms with van der Waals surface area (Å²) in [6.45, 7) is 2.43. The summed E-state index contributed by atoms with van der Waals surface area (Å²) in [6, 6.07) is 43.7. The number of aromatic nitrogens is 2. The van der Waals surface area contributed by atoms with Crippen molar-refractivity contribution in [2.24, 2.45) is 5.16 Å². The molecule has 0 saturated heterocycles. The third-order valence-corrected chi connectivity index (χ3v) is 7.21. The van der Waals surface area contributed by atoms with E-state index < -0.39 is 0 Å². The van der Waals surface area contributed by atoms with Gasteiger partial charge in [0.15, 0.2) is 0 Å². The molecule has 6 rings (SSSR count). The lowest BCUT2D eigenvalue weighted by molar-refractivity contribution is 0.131. The van der Waals surface area contributed by atoms with Crippen LogP contribution < -0.4 is 4.74 Å². The van der Waals surface area contributed by atoms with E-state index in [2.05, 4.69) is 36.3 Å². The Hall–Kier alpha value is -5.13. The number of oxime groups is 1. The second-order valence-corrected chi connectivity index (χ2v) is 10.1. The number of rotatable bonds is 9. The molecule has 1 heterocycles. The molecule has 6 heteroatoms. The lowest BCUT2D eigenvalue weighted by atomic mass is 9.97. The van der Waals surface area contributed by atoms with Crippen molar-refractivity contribution >= 4 is 17.8 Å². The summed E-state index contributed by atoms with van der Waals surface area (Å²) in [7, 11) is 0. The van der Waals surface area contributed by atoms with Crippen molar-refractivity contribution in [1.82, 2.24) is 9.78 Å². The molecule has 6 aromatic rings. The number of hydrogen-bond acceptors (Lipinski definition) is 4. The van der Waals surface area contributed by atoms with Crippen LogP contribution in [0.3, 0.4) is 0 Å². The van der Waals surface area contributed by atoms with E-state index in [0.717, 1.165) is 28.1 Å². The molecule has 0 N–H and O–H groups in total. The van der Waals surface area contributed by atoms with Crippen LogP contribution in [0.2, 0.25) is 5.02 Å². The summed E-state index contributed by atoms with van der Waals surface area (Å²) >= 11 is 6.14. The number of hydrogen-bond donors (Lipinski definition) is 0. The van der Waals surface area contributed by atoms with Crippen molar-refractivity contribution in [3.63, 3.8) is 0 Å². The van der Waals surface area contributed by atoms with Crippen LogP contribution in [0, 0.1) is 6.92 Å². The molecule has 0 unspecified atom stereocenters. The van der Waals surface area contributed by atoms with Crippen molar-refractivity contribution in [1.29, 1.82) is 0 Å². The van der Waals surface area contributed by atoms with E-state index in [1.165, 1.54) is 11.1 Å². The molecule has 5 nitrogen and oxygen atoms in total. The highest BCUT2D eigenvalue weighted by Crippen LogP contribution is 2.35. The molecule has 5 aromatic carbocycles. The largest absolute Gasteiger partial charge is 0.438 e. The summed E-state index contributed by atoms with van der Waals surface area (Å²) in [5, 5.41) is 10.0. The van der Waals surface area contributed by atoms with Crippen LogP contribution in [0.1, 0.15) is 16.7 Å². The van der Waals surface area contributed by atoms with Crippen LogP contribution >= 0.6 is 11.6 Å². The molecular formula is C36H28ClN3O2. The number of benzene rings is 5. The van der Waals surface area contributed by atoms with Crippen molar-refractivity contribution in [3.8, 4) is 39.7 Å². The first-order valence-corrected chi connectivity index (χ1v) is 14.0. The standard InChI is InChI=1S/C36H28ClN3O2/c1-26-29(16-11-19-33(26)27-12-5-2-6-13-27)25-41-38-24-34-35(28-14-7-3-8-15-28)39-40(31-17-9-4-10-18-31)36(34)42-32-22-20-30(37)21-23-32/h2-24H,25H2,1H3/b38-24+. The van der Waals surface area contributed by atoms with Gasteiger partial charge in [-0.15, -0.1) is 0 Å². The Morgan fingerprint density at radius 1 is 0.738 bits per heavy atom. The van der Waals surface area contributed by atoms with E-state index in [9.17, 15) is 0 Å². The highest BCUT2D eigenvalue weighted by Gasteiger charge is 2.22. The quantitative estimate of drug-likeness (QED) is 0.129. The van der Waals surface area contributed by atoms with Gasteiger partial charge in [0.25, 0.3) is 0 Å². The van der Waals surface area contributed by atoms with Crippen LogP contribution in [0.4, 0.5) is 0 Å². The molecule has 42 heavy (non-hydrogen) atoms. The highest BCUT2D eigenvalue weighted by molar-refractivity contribution is 6.30. The van der Waals surface area contributed by atoms with Gasteiger partial charge in [-0.3, -0.25) is 0 Å². The van der Waals surface area contributed by atoms with E-state index in [0.29, 0.717) is 28.8 Å². The third kappa shape index (κ3) is 5.97. The maximum atomic E-state index is 6.45. The lowest BCUT2D eigenvalue weighted by Crippen LogP contribution is -2.00. The molecule has 0 aliphatic carbocycles. The zero-order chi connectivity index (χ0) is 28.7. The summed E-state index contributed by atoms with van der Waals surface area (Å²) in [6.07, 6.45) is 1.68. The lowest BCUT2D eigenvalue weighted by Gasteiger charge is -2.11. The predicted octanol–water partition coefficient (Wildman–Crippen LogP) is 9.51. The molecule has 0 spiro atoms. The topological polar surface area (TPSA) is 48.6 Å². The Morgan fingerprint density at radius 2 is 1.38 bits per heavy atom. The minimum Gasteiger partial charge on any atom is -0.438 e. The van der Waals surface area contributed by atoms with Crippen molar-refractivity contribution in [3.05, 3.63) is 155 Å². The van der Waals surface area contributed by atoms with Gasteiger partial charge in [-0.1, -0.05) is 114 Å². The van der Waals surface area contributed by atoms with Gasteiger partial charge in [0.1, 0.15) is 18.1 Å². The zero-order valence-electron chi connectivity index (χ0n) is 23.0. The van der Waals surface area contributed by atoms with Crippen LogP contribution in [0.15, 0.2) is 139 Å². The van der Waals surface area contributed by atoms with Crippen LogP contribution in [-0.4, -0.2) is 16.0 Å². The Labute approximate surface area is 250 Å². The van der Waals surface area contributed by atoms with E-state index in [4.69, 9.17) is 26.3 Å². The second kappa shape index (κ2) is 12.6. The van der Waals surface area contributed by atoms with Crippen molar-refractivity contribution < 1.29 is 9.57 Å². The molecule has 0 atom stereocenters. The van der Waals surface area contributed by atoms with E-state index >= 15 is 0 Å². The SMILES string of the molecule is Cc1c(CO/N=C/c2c(-c3ccccc3)nn(-c3ccccc3)c2Oc2ccc(Cl)cc2)cccc1-c1ccccc1. The Balaban J connectivity index is 1.36. The molecule has 0 saturated carbocycles. The average molecular weight is 570 g/mol. The van der Waals surface area contributed by atoms with Gasteiger partial charge in [0, 0.05) is 10.6 Å². The molecule has 206 valence electrons. The maximum absolute atomic E-state index is 6.45. The first-order chi connectivity index (χ1) is 20.7. The fourth-order valence-electron chi connectivity index (χ4n) is 4.76. The fourth-order valence-corrected chi connectivity index (χ4v) is 4.89. The molecule has 0 aliphatic rings. The van der Waals surface area contributed by atoms with Crippen LogP contribution in [0.25, 0.3) is 28.1 Å². The van der Waals surface area contributed by atoms with Gasteiger partial charge in [-0.2, -0.15) is 9.78 Å². The smallest absolute Gasteiger partial charge is 0.232 e. The number of halogens is 1. The number of para-hydroxylation sites is 1. The van der Waals surface area contributed by atoms with Gasteiger partial charge in [-0.25, -0.2) is 0 Å². The fraction of sp³-hybridized carbons (Fsp3) is 0.0556. The molecule has 0 fully saturated rings. The molecule has 0 radical (unpaired) electrons. The Bertz CT molecular complexity index is 1800. The predicted molar refractivity (Wildman–Crippen MR) is 170 cm³/mol. The Morgan fingerprint density at radius 3 is 2.07 bits per heavy atom. The third-order valence-electron chi connectivity index (χ3n) is 6.96. The van der Waals surface area contributed by atoms with Crippen LogP contribution in [0.5, 0.6) is 11.6 Å². The minimum absolute atomic E-state index is 0.323. The van der Waals surface area contributed by atoms with E-state index in [1.807, 2.05) is 97.1 Å². The molecule has 0 amide bonds. The summed E-state index contributed by atoms with van der Waals surface area (Å²) in [5.41, 5.74) is 7.77. The Kier molecular flexibility index (Phi) is 8.11. The highest BCUT2D eigenvalue weighted by atomic mass is 35.5. The average Bonchev–Trinajstić information content (AvgIpc) is 3.40. The molecule has 1 aromatic heterocycles. The molecule has 0 aliphatic heterocycles. The van der Waals surface area contributed by atoms with Crippen molar-refractivity contribution in [2.75, 3.05) is 0 Å². The number of nitrogens with zero attached hydrogens (tertiary/aromatic N) is 3. The minimum atomic E-state index is 0.323.